The zero-order valence-electron chi connectivity index (χ0n) is 17.4. The summed E-state index contributed by atoms with van der Waals surface area (Å²) in [5.41, 5.74) is 1.67. The van der Waals surface area contributed by atoms with E-state index in [0.717, 1.165) is 4.90 Å². The van der Waals surface area contributed by atoms with Gasteiger partial charge in [0.2, 0.25) is 17.7 Å². The van der Waals surface area contributed by atoms with Crippen molar-refractivity contribution >= 4 is 46.6 Å². The minimum Gasteiger partial charge on any atom is -0.326 e. The molecule has 1 aliphatic heterocycles. The van der Waals surface area contributed by atoms with Crippen LogP contribution in [0.1, 0.15) is 38.7 Å². The topological polar surface area (TPSA) is 86.8 Å². The fraction of sp³-hybridized carbons (Fsp3) is 0.304. The average molecular weight is 442 g/mol. The summed E-state index contributed by atoms with van der Waals surface area (Å²) in [7, 11) is 0. The lowest BCUT2D eigenvalue weighted by Gasteiger charge is -2.28. The molecule has 1 heterocycles. The summed E-state index contributed by atoms with van der Waals surface area (Å²) in [5, 5.41) is 3.14. The molecule has 0 aromatic heterocycles. The van der Waals surface area contributed by atoms with Crippen molar-refractivity contribution in [1.82, 2.24) is 4.90 Å². The molecule has 4 amide bonds. The Balaban J connectivity index is 1.86. The molecule has 8 heteroatoms. The van der Waals surface area contributed by atoms with Gasteiger partial charge in [-0.15, -0.1) is 0 Å². The number of carbonyl (C=O) groups is 4. The molecule has 162 valence electrons. The summed E-state index contributed by atoms with van der Waals surface area (Å²) >= 11 is 6.27. The van der Waals surface area contributed by atoms with E-state index in [9.17, 15) is 19.2 Å². The SMILES string of the molecule is CCCC(=O)N(Cc1ccccc1Cl)C1CC(=O)N(c2ccc(NC(C)=O)cc2)C1=O. The first kappa shape index (κ1) is 22.5. The normalized spacial score (nSPS) is 15.8. The van der Waals surface area contributed by atoms with Crippen molar-refractivity contribution < 1.29 is 19.2 Å². The van der Waals surface area contributed by atoms with Gasteiger partial charge in [0, 0.05) is 30.6 Å². The van der Waals surface area contributed by atoms with Gasteiger partial charge in [-0.3, -0.25) is 19.2 Å². The monoisotopic (exact) mass is 441 g/mol. The van der Waals surface area contributed by atoms with E-state index in [0.29, 0.717) is 28.4 Å². The van der Waals surface area contributed by atoms with Crippen LogP contribution in [-0.4, -0.2) is 34.6 Å². The van der Waals surface area contributed by atoms with E-state index < -0.39 is 11.9 Å². The molecule has 0 spiro atoms. The predicted octanol–water partition coefficient (Wildman–Crippen LogP) is 3.76. The van der Waals surface area contributed by atoms with Crippen molar-refractivity contribution in [3.8, 4) is 0 Å². The van der Waals surface area contributed by atoms with Crippen LogP contribution in [-0.2, 0) is 25.7 Å². The van der Waals surface area contributed by atoms with Gasteiger partial charge in [-0.05, 0) is 42.3 Å². The lowest BCUT2D eigenvalue weighted by atomic mass is 10.1. The number of carbonyl (C=O) groups excluding carboxylic acids is 4. The maximum atomic E-state index is 13.2. The molecule has 0 bridgehead atoms. The lowest BCUT2D eigenvalue weighted by Crippen LogP contribution is -2.45. The second-order valence-electron chi connectivity index (χ2n) is 7.38. The highest BCUT2D eigenvalue weighted by molar-refractivity contribution is 6.31. The molecule has 0 radical (unpaired) electrons. The number of nitrogens with zero attached hydrogens (tertiary/aromatic N) is 2. The van der Waals surface area contributed by atoms with E-state index in [1.807, 2.05) is 13.0 Å². The van der Waals surface area contributed by atoms with Crippen LogP contribution in [0.5, 0.6) is 0 Å². The second-order valence-corrected chi connectivity index (χ2v) is 7.79. The van der Waals surface area contributed by atoms with Gasteiger partial charge >= 0.3 is 0 Å². The lowest BCUT2D eigenvalue weighted by molar-refractivity contribution is -0.139. The van der Waals surface area contributed by atoms with Crippen LogP contribution in [0.2, 0.25) is 5.02 Å². The van der Waals surface area contributed by atoms with Crippen LogP contribution in [0.4, 0.5) is 11.4 Å². The molecule has 1 unspecified atom stereocenters. The molecular weight excluding hydrogens is 418 g/mol. The molecule has 1 N–H and O–H groups in total. The molecule has 1 saturated heterocycles. The van der Waals surface area contributed by atoms with Gasteiger partial charge in [0.05, 0.1) is 12.1 Å². The largest absolute Gasteiger partial charge is 0.326 e. The Labute approximate surface area is 186 Å². The molecule has 2 aromatic carbocycles. The summed E-state index contributed by atoms with van der Waals surface area (Å²) in [6.45, 7) is 3.43. The van der Waals surface area contributed by atoms with E-state index in [1.165, 1.54) is 11.8 Å². The minimum absolute atomic E-state index is 0.0911. The van der Waals surface area contributed by atoms with Gasteiger partial charge in [0.25, 0.3) is 5.91 Å². The summed E-state index contributed by atoms with van der Waals surface area (Å²) in [6, 6.07) is 12.7. The van der Waals surface area contributed by atoms with Gasteiger partial charge in [0.15, 0.2) is 0 Å². The highest BCUT2D eigenvalue weighted by atomic mass is 35.5. The third-order valence-electron chi connectivity index (χ3n) is 5.03. The Hall–Kier alpha value is -3.19. The molecule has 3 rings (SSSR count). The number of hydrogen-bond donors (Lipinski definition) is 1. The van der Waals surface area contributed by atoms with E-state index in [-0.39, 0.29) is 37.1 Å². The number of nitrogens with one attached hydrogen (secondary N) is 1. The summed E-state index contributed by atoms with van der Waals surface area (Å²) in [4.78, 5) is 52.5. The van der Waals surface area contributed by atoms with Crippen LogP contribution in [0.3, 0.4) is 0 Å². The maximum Gasteiger partial charge on any atom is 0.257 e. The number of hydrogen-bond acceptors (Lipinski definition) is 4. The number of imide groups is 1. The van der Waals surface area contributed by atoms with Crippen molar-refractivity contribution in [3.05, 3.63) is 59.1 Å². The molecular formula is C23H24ClN3O4. The first-order valence-corrected chi connectivity index (χ1v) is 10.5. The summed E-state index contributed by atoms with van der Waals surface area (Å²) < 4.78 is 0. The zero-order valence-corrected chi connectivity index (χ0v) is 18.2. The third-order valence-corrected chi connectivity index (χ3v) is 5.40. The smallest absolute Gasteiger partial charge is 0.257 e. The standard InChI is InChI=1S/C23H24ClN3O4/c1-3-6-21(29)26(14-16-7-4-5-8-19(16)24)20-13-22(30)27(23(20)31)18-11-9-17(10-12-18)25-15(2)28/h4-5,7-12,20H,3,6,13-14H2,1-2H3,(H,25,28). The van der Waals surface area contributed by atoms with Crippen molar-refractivity contribution in [2.45, 2.75) is 45.7 Å². The Morgan fingerprint density at radius 2 is 1.81 bits per heavy atom. The van der Waals surface area contributed by atoms with E-state index in [4.69, 9.17) is 11.6 Å². The third kappa shape index (κ3) is 5.11. The van der Waals surface area contributed by atoms with E-state index in [1.54, 1.807) is 42.5 Å². The number of amides is 4. The highest BCUT2D eigenvalue weighted by Gasteiger charge is 2.44. The molecule has 1 fully saturated rings. The first-order valence-electron chi connectivity index (χ1n) is 10.1. The van der Waals surface area contributed by atoms with Crippen molar-refractivity contribution in [3.63, 3.8) is 0 Å². The molecule has 31 heavy (non-hydrogen) atoms. The Kier molecular flexibility index (Phi) is 7.07. The fourth-order valence-electron chi connectivity index (χ4n) is 3.57. The molecule has 0 aliphatic carbocycles. The number of benzene rings is 2. The number of anilines is 2. The van der Waals surface area contributed by atoms with Gasteiger partial charge < -0.3 is 10.2 Å². The fourth-order valence-corrected chi connectivity index (χ4v) is 3.76. The first-order chi connectivity index (χ1) is 14.8. The molecule has 0 saturated carbocycles. The summed E-state index contributed by atoms with van der Waals surface area (Å²) in [5.74, 6) is -1.24. The molecule has 1 aliphatic rings. The number of halogens is 1. The van der Waals surface area contributed by atoms with Crippen molar-refractivity contribution in [2.75, 3.05) is 10.2 Å². The maximum absolute atomic E-state index is 13.2. The highest BCUT2D eigenvalue weighted by Crippen LogP contribution is 2.29. The van der Waals surface area contributed by atoms with Crippen LogP contribution in [0.25, 0.3) is 0 Å². The van der Waals surface area contributed by atoms with Crippen LogP contribution in [0, 0.1) is 0 Å². The van der Waals surface area contributed by atoms with Gasteiger partial charge in [-0.2, -0.15) is 0 Å². The van der Waals surface area contributed by atoms with Gasteiger partial charge in [-0.1, -0.05) is 36.7 Å². The van der Waals surface area contributed by atoms with Crippen molar-refractivity contribution in [1.29, 1.82) is 0 Å². The van der Waals surface area contributed by atoms with E-state index >= 15 is 0 Å². The molecule has 2 aromatic rings. The zero-order chi connectivity index (χ0) is 22.5. The van der Waals surface area contributed by atoms with Crippen LogP contribution < -0.4 is 10.2 Å². The Bertz CT molecular complexity index is 1010. The van der Waals surface area contributed by atoms with Gasteiger partial charge in [-0.25, -0.2) is 4.90 Å². The Morgan fingerprint density at radius 3 is 2.42 bits per heavy atom. The summed E-state index contributed by atoms with van der Waals surface area (Å²) in [6.07, 6.45) is 0.807. The van der Waals surface area contributed by atoms with Gasteiger partial charge in [0.1, 0.15) is 6.04 Å². The Morgan fingerprint density at radius 1 is 1.13 bits per heavy atom. The van der Waals surface area contributed by atoms with Crippen LogP contribution in [0.15, 0.2) is 48.5 Å². The van der Waals surface area contributed by atoms with Crippen LogP contribution >= 0.6 is 11.6 Å². The quantitative estimate of drug-likeness (QED) is 0.663. The number of rotatable bonds is 7. The van der Waals surface area contributed by atoms with Crippen molar-refractivity contribution in [2.24, 2.45) is 0 Å². The second kappa shape index (κ2) is 9.75. The average Bonchev–Trinajstić information content (AvgIpc) is 3.01. The minimum atomic E-state index is -0.891. The molecule has 7 nitrogen and oxygen atoms in total. The predicted molar refractivity (Wildman–Crippen MR) is 119 cm³/mol. The van der Waals surface area contributed by atoms with E-state index in [2.05, 4.69) is 5.32 Å². The molecule has 1 atom stereocenters.